The molecule has 0 saturated carbocycles. The predicted molar refractivity (Wildman–Crippen MR) is 104 cm³/mol. The van der Waals surface area contributed by atoms with Crippen molar-refractivity contribution in [3.63, 3.8) is 0 Å². The van der Waals surface area contributed by atoms with Gasteiger partial charge in [-0.2, -0.15) is 0 Å². The van der Waals surface area contributed by atoms with Gasteiger partial charge in [-0.05, 0) is 12.8 Å². The fraction of sp³-hybridized carbons (Fsp3) is 0.952. The second-order valence-corrected chi connectivity index (χ2v) is 7.01. The molecule has 1 atom stereocenters. The second kappa shape index (κ2) is 19.7. The van der Waals surface area contributed by atoms with E-state index in [2.05, 4.69) is 13.8 Å². The third-order valence-corrected chi connectivity index (χ3v) is 4.43. The van der Waals surface area contributed by atoms with Gasteiger partial charge in [0.05, 0.1) is 13.2 Å². The number of aliphatic hydroxyl groups excluding tert-OH is 1. The predicted octanol–water partition coefficient (Wildman–Crippen LogP) is 5.41. The maximum atomic E-state index is 11.7. The number of carbonyl (C=O) groups excluding carboxylic acids is 1. The first-order chi connectivity index (χ1) is 12.2. The van der Waals surface area contributed by atoms with E-state index in [4.69, 9.17) is 9.47 Å². The van der Waals surface area contributed by atoms with Crippen LogP contribution in [-0.4, -0.2) is 37.0 Å². The SMILES string of the molecule is CCCCCCCCCCOCC(CO)OC(=O)CCCCCCC. The van der Waals surface area contributed by atoms with Crippen LogP contribution in [0.15, 0.2) is 0 Å². The Kier molecular flexibility index (Phi) is 19.2. The van der Waals surface area contributed by atoms with E-state index >= 15 is 0 Å². The van der Waals surface area contributed by atoms with Crippen LogP contribution >= 0.6 is 0 Å². The molecule has 0 aromatic rings. The normalized spacial score (nSPS) is 12.3. The highest BCUT2D eigenvalue weighted by Gasteiger charge is 2.13. The largest absolute Gasteiger partial charge is 0.457 e. The number of carbonyl (C=O) groups is 1. The summed E-state index contributed by atoms with van der Waals surface area (Å²) in [5.41, 5.74) is 0. The van der Waals surface area contributed by atoms with E-state index in [1.54, 1.807) is 0 Å². The van der Waals surface area contributed by atoms with Gasteiger partial charge in [-0.3, -0.25) is 4.79 Å². The summed E-state index contributed by atoms with van der Waals surface area (Å²) >= 11 is 0. The molecule has 0 aromatic heterocycles. The molecule has 0 rings (SSSR count). The number of ether oxygens (including phenoxy) is 2. The summed E-state index contributed by atoms with van der Waals surface area (Å²) in [6.45, 7) is 5.23. The van der Waals surface area contributed by atoms with E-state index in [1.165, 1.54) is 64.2 Å². The maximum Gasteiger partial charge on any atom is 0.306 e. The summed E-state index contributed by atoms with van der Waals surface area (Å²) in [6.07, 6.45) is 15.6. The first-order valence-corrected chi connectivity index (χ1v) is 10.6. The number of aliphatic hydroxyl groups is 1. The van der Waals surface area contributed by atoms with E-state index in [0.717, 1.165) is 19.3 Å². The molecule has 0 amide bonds. The molecule has 0 saturated heterocycles. The second-order valence-electron chi connectivity index (χ2n) is 7.01. The third-order valence-electron chi connectivity index (χ3n) is 4.43. The number of hydrogen-bond acceptors (Lipinski definition) is 4. The zero-order valence-electron chi connectivity index (χ0n) is 16.8. The lowest BCUT2D eigenvalue weighted by Crippen LogP contribution is -2.27. The summed E-state index contributed by atoms with van der Waals surface area (Å²) in [5.74, 6) is -0.216. The van der Waals surface area contributed by atoms with E-state index in [9.17, 15) is 9.90 Å². The van der Waals surface area contributed by atoms with Gasteiger partial charge in [0.1, 0.15) is 6.10 Å². The quantitative estimate of drug-likeness (QED) is 0.248. The van der Waals surface area contributed by atoms with Gasteiger partial charge in [0.15, 0.2) is 0 Å². The van der Waals surface area contributed by atoms with Crippen molar-refractivity contribution in [2.45, 2.75) is 110 Å². The Morgan fingerprint density at radius 1 is 0.800 bits per heavy atom. The van der Waals surface area contributed by atoms with Gasteiger partial charge >= 0.3 is 5.97 Å². The summed E-state index contributed by atoms with van der Waals surface area (Å²) in [7, 11) is 0. The average molecular weight is 359 g/mol. The summed E-state index contributed by atoms with van der Waals surface area (Å²) in [4.78, 5) is 11.7. The van der Waals surface area contributed by atoms with Gasteiger partial charge in [0.2, 0.25) is 0 Å². The van der Waals surface area contributed by atoms with Crippen molar-refractivity contribution in [2.75, 3.05) is 19.8 Å². The van der Waals surface area contributed by atoms with Crippen molar-refractivity contribution >= 4 is 5.97 Å². The van der Waals surface area contributed by atoms with Crippen molar-refractivity contribution < 1.29 is 19.4 Å². The van der Waals surface area contributed by atoms with E-state index in [1.807, 2.05) is 0 Å². The van der Waals surface area contributed by atoms with Crippen molar-refractivity contribution in [3.8, 4) is 0 Å². The molecule has 0 aliphatic carbocycles. The lowest BCUT2D eigenvalue weighted by atomic mass is 10.1. The van der Waals surface area contributed by atoms with Crippen LogP contribution in [0.3, 0.4) is 0 Å². The Hall–Kier alpha value is -0.610. The lowest BCUT2D eigenvalue weighted by molar-refractivity contribution is -0.154. The highest BCUT2D eigenvalue weighted by atomic mass is 16.6. The van der Waals surface area contributed by atoms with Crippen LogP contribution in [0, 0.1) is 0 Å². The Morgan fingerprint density at radius 3 is 1.88 bits per heavy atom. The van der Waals surface area contributed by atoms with Gasteiger partial charge in [-0.1, -0.05) is 84.5 Å². The standard InChI is InChI=1S/C21H42O4/c1-3-5-7-9-10-11-13-15-17-24-19-20(18-22)25-21(23)16-14-12-8-6-4-2/h20,22H,3-19H2,1-2H3. The summed E-state index contributed by atoms with van der Waals surface area (Å²) in [5, 5.41) is 9.30. The third kappa shape index (κ3) is 18.0. The molecule has 0 spiro atoms. The molecule has 0 aliphatic rings. The molecule has 25 heavy (non-hydrogen) atoms. The zero-order chi connectivity index (χ0) is 18.6. The Morgan fingerprint density at radius 2 is 1.32 bits per heavy atom. The van der Waals surface area contributed by atoms with E-state index in [0.29, 0.717) is 19.6 Å². The van der Waals surface area contributed by atoms with Gasteiger partial charge in [-0.15, -0.1) is 0 Å². The van der Waals surface area contributed by atoms with E-state index in [-0.39, 0.29) is 12.6 Å². The highest BCUT2D eigenvalue weighted by molar-refractivity contribution is 5.69. The first-order valence-electron chi connectivity index (χ1n) is 10.6. The molecule has 0 aromatic carbocycles. The van der Waals surface area contributed by atoms with Crippen molar-refractivity contribution in [2.24, 2.45) is 0 Å². The van der Waals surface area contributed by atoms with Crippen LogP contribution in [0.4, 0.5) is 0 Å². The van der Waals surface area contributed by atoms with Crippen LogP contribution in [0.1, 0.15) is 104 Å². The van der Waals surface area contributed by atoms with Crippen LogP contribution in [0.5, 0.6) is 0 Å². The molecule has 1 unspecified atom stereocenters. The monoisotopic (exact) mass is 358 g/mol. The average Bonchev–Trinajstić information content (AvgIpc) is 2.62. The zero-order valence-corrected chi connectivity index (χ0v) is 16.8. The van der Waals surface area contributed by atoms with Crippen molar-refractivity contribution in [3.05, 3.63) is 0 Å². The highest BCUT2D eigenvalue weighted by Crippen LogP contribution is 2.09. The van der Waals surface area contributed by atoms with Gasteiger partial charge < -0.3 is 14.6 Å². The molecule has 0 aliphatic heterocycles. The number of unbranched alkanes of at least 4 members (excludes halogenated alkanes) is 11. The number of esters is 1. The topological polar surface area (TPSA) is 55.8 Å². The fourth-order valence-electron chi connectivity index (χ4n) is 2.79. The number of rotatable bonds is 19. The Balaban J connectivity index is 3.47. The maximum absolute atomic E-state index is 11.7. The molecule has 150 valence electrons. The minimum absolute atomic E-state index is 0.168. The molecule has 0 heterocycles. The van der Waals surface area contributed by atoms with Gasteiger partial charge in [-0.25, -0.2) is 0 Å². The van der Waals surface area contributed by atoms with E-state index < -0.39 is 6.10 Å². The molecule has 4 nitrogen and oxygen atoms in total. The molecular formula is C21H42O4. The van der Waals surface area contributed by atoms with Crippen LogP contribution < -0.4 is 0 Å². The molecule has 0 radical (unpaired) electrons. The Labute approximate surface area is 155 Å². The van der Waals surface area contributed by atoms with Crippen molar-refractivity contribution in [1.29, 1.82) is 0 Å². The molecule has 0 fully saturated rings. The van der Waals surface area contributed by atoms with Crippen molar-refractivity contribution in [1.82, 2.24) is 0 Å². The van der Waals surface area contributed by atoms with Crippen LogP contribution in [0.2, 0.25) is 0 Å². The van der Waals surface area contributed by atoms with Crippen LogP contribution in [-0.2, 0) is 14.3 Å². The lowest BCUT2D eigenvalue weighted by Gasteiger charge is -2.15. The van der Waals surface area contributed by atoms with Crippen LogP contribution in [0.25, 0.3) is 0 Å². The Bertz CT molecular complexity index is 281. The summed E-state index contributed by atoms with van der Waals surface area (Å²) in [6, 6.07) is 0. The minimum atomic E-state index is -0.516. The number of hydrogen-bond donors (Lipinski definition) is 1. The summed E-state index contributed by atoms with van der Waals surface area (Å²) < 4.78 is 10.8. The molecule has 4 heteroatoms. The molecule has 1 N–H and O–H groups in total. The minimum Gasteiger partial charge on any atom is -0.457 e. The molecule has 0 bridgehead atoms. The van der Waals surface area contributed by atoms with Gasteiger partial charge in [0.25, 0.3) is 0 Å². The smallest absolute Gasteiger partial charge is 0.306 e. The first kappa shape index (κ1) is 24.4. The fourth-order valence-corrected chi connectivity index (χ4v) is 2.79. The van der Waals surface area contributed by atoms with Gasteiger partial charge in [0, 0.05) is 13.0 Å². The molecular weight excluding hydrogens is 316 g/mol.